The molecule has 4 N–H and O–H groups in total. The van der Waals surface area contributed by atoms with Gasteiger partial charge in [-0.3, -0.25) is 4.79 Å². The monoisotopic (exact) mass is 276 g/mol. The number of carbonyl (C=O) groups is 1. The minimum atomic E-state index is -0.774. The van der Waals surface area contributed by atoms with Crippen molar-refractivity contribution in [1.82, 2.24) is 5.32 Å². The maximum absolute atomic E-state index is 12.6. The lowest BCUT2D eigenvalue weighted by molar-refractivity contribution is -0.133. The molecule has 0 aromatic heterocycles. The van der Waals surface area contributed by atoms with Gasteiger partial charge < -0.3 is 16.2 Å². The number of nitrogens with one attached hydrogen (secondary N) is 1. The van der Waals surface area contributed by atoms with Gasteiger partial charge in [-0.1, -0.05) is 36.8 Å². The van der Waals surface area contributed by atoms with Crippen molar-refractivity contribution in [2.75, 3.05) is 6.61 Å². The number of rotatable bonds is 4. The molecule has 0 bridgehead atoms. The Balaban J connectivity index is 2.20. The maximum atomic E-state index is 12.6. The molecule has 4 nitrogen and oxygen atoms in total. The molecule has 1 aromatic rings. The van der Waals surface area contributed by atoms with E-state index in [0.29, 0.717) is 0 Å². The van der Waals surface area contributed by atoms with Crippen LogP contribution in [0.5, 0.6) is 0 Å². The number of nitrogens with two attached hydrogens (primary N) is 1. The average molecular weight is 276 g/mol. The number of carbonyl (C=O) groups excluding carboxylic acids is 1. The average Bonchev–Trinajstić information content (AvgIpc) is 2.81. The summed E-state index contributed by atoms with van der Waals surface area (Å²) in [7, 11) is 0. The second kappa shape index (κ2) is 5.54. The number of aliphatic hydroxyl groups excluding tert-OH is 1. The summed E-state index contributed by atoms with van der Waals surface area (Å²) in [5.74, 6) is -0.0668. The minimum absolute atomic E-state index is 0.0668. The third-order valence-corrected chi connectivity index (χ3v) is 4.66. The number of benzene rings is 1. The van der Waals surface area contributed by atoms with Crippen LogP contribution in [0.15, 0.2) is 30.3 Å². The van der Waals surface area contributed by atoms with Crippen LogP contribution in [0.4, 0.5) is 0 Å². The number of hydrogen-bond acceptors (Lipinski definition) is 3. The first-order valence-corrected chi connectivity index (χ1v) is 7.17. The standard InChI is InChI=1S/C16H24N2O2/c1-15(10-6-9-13(15)17)14(20)18-16(2,11-19)12-7-4-3-5-8-12/h3-5,7-8,13,19H,6,9-11,17H2,1-2H3,(H,18,20). The van der Waals surface area contributed by atoms with Crippen molar-refractivity contribution in [2.45, 2.75) is 44.7 Å². The van der Waals surface area contributed by atoms with E-state index < -0.39 is 11.0 Å². The van der Waals surface area contributed by atoms with E-state index in [1.807, 2.05) is 44.2 Å². The molecule has 1 fully saturated rings. The van der Waals surface area contributed by atoms with Crippen molar-refractivity contribution in [2.24, 2.45) is 11.1 Å². The molecule has 3 atom stereocenters. The first-order valence-electron chi connectivity index (χ1n) is 7.17. The summed E-state index contributed by atoms with van der Waals surface area (Å²) in [4.78, 5) is 12.6. The third-order valence-electron chi connectivity index (χ3n) is 4.66. The van der Waals surface area contributed by atoms with Crippen molar-refractivity contribution in [3.63, 3.8) is 0 Å². The molecular formula is C16H24N2O2. The fraction of sp³-hybridized carbons (Fsp3) is 0.562. The minimum Gasteiger partial charge on any atom is -0.394 e. The van der Waals surface area contributed by atoms with Gasteiger partial charge in [0.1, 0.15) is 0 Å². The Morgan fingerprint density at radius 2 is 2.15 bits per heavy atom. The number of amides is 1. The quantitative estimate of drug-likeness (QED) is 0.780. The van der Waals surface area contributed by atoms with Crippen LogP contribution in [-0.4, -0.2) is 23.7 Å². The lowest BCUT2D eigenvalue weighted by atomic mass is 9.82. The highest BCUT2D eigenvalue weighted by atomic mass is 16.3. The fourth-order valence-corrected chi connectivity index (χ4v) is 2.88. The summed E-state index contributed by atoms with van der Waals surface area (Å²) in [5.41, 5.74) is 5.67. The van der Waals surface area contributed by atoms with Crippen LogP contribution in [0.1, 0.15) is 38.7 Å². The molecule has 1 saturated carbocycles. The Morgan fingerprint density at radius 3 is 2.65 bits per heavy atom. The van der Waals surface area contributed by atoms with Gasteiger partial charge in [-0.15, -0.1) is 0 Å². The summed E-state index contributed by atoms with van der Waals surface area (Å²) in [6, 6.07) is 9.43. The second-order valence-electron chi connectivity index (χ2n) is 6.23. The fourth-order valence-electron chi connectivity index (χ4n) is 2.88. The number of aliphatic hydroxyl groups is 1. The topological polar surface area (TPSA) is 75.3 Å². The highest BCUT2D eigenvalue weighted by Gasteiger charge is 2.45. The SMILES string of the molecule is CC(CO)(NC(=O)C1(C)CCCC1N)c1ccccc1. The molecule has 0 radical (unpaired) electrons. The van der Waals surface area contributed by atoms with Gasteiger partial charge in [0.05, 0.1) is 17.6 Å². The van der Waals surface area contributed by atoms with E-state index in [1.165, 1.54) is 0 Å². The van der Waals surface area contributed by atoms with Crippen molar-refractivity contribution in [1.29, 1.82) is 0 Å². The van der Waals surface area contributed by atoms with Crippen molar-refractivity contribution in [3.05, 3.63) is 35.9 Å². The Labute approximate surface area is 120 Å². The summed E-state index contributed by atoms with van der Waals surface area (Å²) in [5, 5.41) is 12.7. The molecule has 0 heterocycles. The molecular weight excluding hydrogens is 252 g/mol. The van der Waals surface area contributed by atoms with Gasteiger partial charge in [0.25, 0.3) is 0 Å². The highest BCUT2D eigenvalue weighted by Crippen LogP contribution is 2.37. The van der Waals surface area contributed by atoms with E-state index in [4.69, 9.17) is 5.73 Å². The van der Waals surface area contributed by atoms with Crippen molar-refractivity contribution >= 4 is 5.91 Å². The van der Waals surface area contributed by atoms with Gasteiger partial charge >= 0.3 is 0 Å². The van der Waals surface area contributed by atoms with E-state index in [9.17, 15) is 9.90 Å². The van der Waals surface area contributed by atoms with Crippen LogP contribution < -0.4 is 11.1 Å². The van der Waals surface area contributed by atoms with Crippen LogP contribution in [0.25, 0.3) is 0 Å². The molecule has 20 heavy (non-hydrogen) atoms. The zero-order valence-electron chi connectivity index (χ0n) is 12.2. The summed E-state index contributed by atoms with van der Waals surface area (Å²) >= 11 is 0. The lowest BCUT2D eigenvalue weighted by Gasteiger charge is -2.35. The lowest BCUT2D eigenvalue weighted by Crippen LogP contribution is -2.55. The normalized spacial score (nSPS) is 28.9. The van der Waals surface area contributed by atoms with E-state index >= 15 is 0 Å². The Kier molecular flexibility index (Phi) is 4.16. The Morgan fingerprint density at radius 1 is 1.50 bits per heavy atom. The molecule has 1 aromatic carbocycles. The van der Waals surface area contributed by atoms with Crippen LogP contribution in [0, 0.1) is 5.41 Å². The molecule has 1 aliphatic rings. The summed E-state index contributed by atoms with van der Waals surface area (Å²) < 4.78 is 0. The summed E-state index contributed by atoms with van der Waals surface area (Å²) in [6.07, 6.45) is 2.66. The predicted octanol–water partition coefficient (Wildman–Crippen LogP) is 1.53. The van der Waals surface area contributed by atoms with Gasteiger partial charge in [-0.25, -0.2) is 0 Å². The van der Waals surface area contributed by atoms with Crippen LogP contribution in [0.3, 0.4) is 0 Å². The molecule has 4 heteroatoms. The van der Waals surface area contributed by atoms with Gasteiger partial charge in [0, 0.05) is 6.04 Å². The zero-order chi connectivity index (χ0) is 14.8. The maximum Gasteiger partial charge on any atom is 0.228 e. The molecule has 0 spiro atoms. The van der Waals surface area contributed by atoms with Crippen LogP contribution in [0.2, 0.25) is 0 Å². The molecule has 3 unspecified atom stereocenters. The van der Waals surface area contributed by atoms with Crippen molar-refractivity contribution in [3.8, 4) is 0 Å². The second-order valence-corrected chi connectivity index (χ2v) is 6.23. The smallest absolute Gasteiger partial charge is 0.228 e. The van der Waals surface area contributed by atoms with Gasteiger partial charge in [0.2, 0.25) is 5.91 Å². The predicted molar refractivity (Wildman–Crippen MR) is 79.0 cm³/mol. The van der Waals surface area contributed by atoms with E-state index in [0.717, 1.165) is 24.8 Å². The highest BCUT2D eigenvalue weighted by molar-refractivity contribution is 5.84. The third kappa shape index (κ3) is 2.58. The first-order chi connectivity index (χ1) is 9.42. The first kappa shape index (κ1) is 15.0. The summed E-state index contributed by atoms with van der Waals surface area (Å²) in [6.45, 7) is 3.61. The van der Waals surface area contributed by atoms with Crippen molar-refractivity contribution < 1.29 is 9.90 Å². The zero-order valence-corrected chi connectivity index (χ0v) is 12.2. The van der Waals surface area contributed by atoms with E-state index in [1.54, 1.807) is 0 Å². The van der Waals surface area contributed by atoms with Crippen LogP contribution in [-0.2, 0) is 10.3 Å². The molecule has 1 amide bonds. The number of hydrogen-bond donors (Lipinski definition) is 3. The Bertz CT molecular complexity index is 477. The molecule has 110 valence electrons. The van der Waals surface area contributed by atoms with E-state index in [2.05, 4.69) is 5.32 Å². The Hall–Kier alpha value is -1.39. The largest absolute Gasteiger partial charge is 0.394 e. The molecule has 1 aliphatic carbocycles. The molecule has 0 saturated heterocycles. The molecule has 2 rings (SSSR count). The van der Waals surface area contributed by atoms with E-state index in [-0.39, 0.29) is 18.6 Å². The van der Waals surface area contributed by atoms with Gasteiger partial charge in [0.15, 0.2) is 0 Å². The van der Waals surface area contributed by atoms with Gasteiger partial charge in [-0.05, 0) is 32.3 Å². The molecule has 0 aliphatic heterocycles. The van der Waals surface area contributed by atoms with Gasteiger partial charge in [-0.2, -0.15) is 0 Å². The van der Waals surface area contributed by atoms with Crippen LogP contribution >= 0.6 is 0 Å².